The van der Waals surface area contributed by atoms with Crippen molar-refractivity contribution >= 4 is 11.6 Å². The predicted octanol–water partition coefficient (Wildman–Crippen LogP) is 4.35. The second kappa shape index (κ2) is 8.72. The molecule has 0 radical (unpaired) electrons. The Morgan fingerprint density at radius 2 is 2.33 bits per heavy atom. The Balaban J connectivity index is 1.89. The molecule has 1 aliphatic heterocycles. The van der Waals surface area contributed by atoms with Crippen LogP contribution in [0.1, 0.15) is 44.6 Å². The minimum absolute atomic E-state index is 0.209. The van der Waals surface area contributed by atoms with Crippen molar-refractivity contribution < 1.29 is 9.13 Å². The number of hydrogen-bond donors (Lipinski definition) is 1. The molecule has 2 rings (SSSR count). The number of nitrogens with one attached hydrogen (secondary N) is 1. The van der Waals surface area contributed by atoms with Gasteiger partial charge in [-0.15, -0.1) is 0 Å². The van der Waals surface area contributed by atoms with Gasteiger partial charge >= 0.3 is 0 Å². The molecule has 21 heavy (non-hydrogen) atoms. The maximum absolute atomic E-state index is 13.2. The van der Waals surface area contributed by atoms with Crippen molar-refractivity contribution in [2.45, 2.75) is 57.6 Å². The standard InChI is InChI=1S/C17H25ClFNO/c1-2-9-20-14(6-7-15-4-3-10-21-15)11-13-5-8-17(19)16(18)12-13/h5,8,12,14-15,20H,2-4,6-7,9-11H2,1H3. The molecule has 1 aromatic carbocycles. The first-order valence-electron chi connectivity index (χ1n) is 7.98. The first kappa shape index (κ1) is 16.7. The smallest absolute Gasteiger partial charge is 0.141 e. The SMILES string of the molecule is CCCNC(CCC1CCCO1)Cc1ccc(F)c(Cl)c1. The highest BCUT2D eigenvalue weighted by Crippen LogP contribution is 2.21. The molecule has 0 saturated carbocycles. The minimum Gasteiger partial charge on any atom is -0.378 e. The van der Waals surface area contributed by atoms with Crippen molar-refractivity contribution in [2.75, 3.05) is 13.2 Å². The topological polar surface area (TPSA) is 21.3 Å². The minimum atomic E-state index is -0.349. The summed E-state index contributed by atoms with van der Waals surface area (Å²) in [5.74, 6) is -0.349. The predicted molar refractivity (Wildman–Crippen MR) is 85.4 cm³/mol. The highest BCUT2D eigenvalue weighted by atomic mass is 35.5. The summed E-state index contributed by atoms with van der Waals surface area (Å²) in [4.78, 5) is 0. The second-order valence-electron chi connectivity index (χ2n) is 5.82. The Kier molecular flexibility index (Phi) is 6.94. The lowest BCUT2D eigenvalue weighted by atomic mass is 9.99. The van der Waals surface area contributed by atoms with E-state index in [1.54, 1.807) is 6.07 Å². The Morgan fingerprint density at radius 3 is 3.00 bits per heavy atom. The molecule has 118 valence electrons. The molecule has 1 heterocycles. The van der Waals surface area contributed by atoms with Gasteiger partial charge in [0, 0.05) is 12.6 Å². The zero-order valence-corrected chi connectivity index (χ0v) is 13.5. The lowest BCUT2D eigenvalue weighted by Crippen LogP contribution is -2.32. The number of ether oxygens (including phenoxy) is 1. The summed E-state index contributed by atoms with van der Waals surface area (Å²) >= 11 is 5.87. The maximum atomic E-state index is 13.2. The van der Waals surface area contributed by atoms with Crippen LogP contribution in [0.5, 0.6) is 0 Å². The summed E-state index contributed by atoms with van der Waals surface area (Å²) < 4.78 is 18.9. The summed E-state index contributed by atoms with van der Waals surface area (Å²) in [6.45, 7) is 4.08. The molecule has 1 fully saturated rings. The first-order chi connectivity index (χ1) is 10.2. The van der Waals surface area contributed by atoms with Crippen LogP contribution in [-0.2, 0) is 11.2 Å². The fraction of sp³-hybridized carbons (Fsp3) is 0.647. The maximum Gasteiger partial charge on any atom is 0.141 e. The molecule has 2 nitrogen and oxygen atoms in total. The van der Waals surface area contributed by atoms with Gasteiger partial charge in [-0.05, 0) is 62.8 Å². The van der Waals surface area contributed by atoms with E-state index in [-0.39, 0.29) is 10.8 Å². The van der Waals surface area contributed by atoms with E-state index in [1.807, 2.05) is 6.07 Å². The summed E-state index contributed by atoms with van der Waals surface area (Å²) in [5, 5.41) is 3.79. The largest absolute Gasteiger partial charge is 0.378 e. The van der Waals surface area contributed by atoms with Gasteiger partial charge in [0.25, 0.3) is 0 Å². The van der Waals surface area contributed by atoms with Gasteiger partial charge in [0.2, 0.25) is 0 Å². The molecule has 0 aliphatic carbocycles. The number of rotatable bonds is 8. The molecule has 1 saturated heterocycles. The van der Waals surface area contributed by atoms with Gasteiger partial charge in [0.15, 0.2) is 0 Å². The van der Waals surface area contributed by atoms with Crippen molar-refractivity contribution in [3.63, 3.8) is 0 Å². The van der Waals surface area contributed by atoms with E-state index in [9.17, 15) is 4.39 Å². The van der Waals surface area contributed by atoms with Gasteiger partial charge in [0.05, 0.1) is 11.1 Å². The molecule has 0 spiro atoms. The highest BCUT2D eigenvalue weighted by molar-refractivity contribution is 6.30. The Morgan fingerprint density at radius 1 is 1.48 bits per heavy atom. The highest BCUT2D eigenvalue weighted by Gasteiger charge is 2.18. The molecule has 1 aliphatic rings. The summed E-state index contributed by atoms with van der Waals surface area (Å²) in [5.41, 5.74) is 1.09. The van der Waals surface area contributed by atoms with Crippen LogP contribution < -0.4 is 5.32 Å². The molecule has 0 bridgehead atoms. The van der Waals surface area contributed by atoms with E-state index in [2.05, 4.69) is 12.2 Å². The summed E-state index contributed by atoms with van der Waals surface area (Å²) in [7, 11) is 0. The molecule has 0 aromatic heterocycles. The lowest BCUT2D eigenvalue weighted by molar-refractivity contribution is 0.0995. The molecule has 1 N–H and O–H groups in total. The zero-order chi connectivity index (χ0) is 15.1. The quantitative estimate of drug-likeness (QED) is 0.770. The van der Waals surface area contributed by atoms with Crippen LogP contribution in [-0.4, -0.2) is 25.3 Å². The van der Waals surface area contributed by atoms with Crippen LogP contribution in [0.25, 0.3) is 0 Å². The third-order valence-corrected chi connectivity index (χ3v) is 4.30. The fourth-order valence-corrected chi connectivity index (χ4v) is 3.04. The van der Waals surface area contributed by atoms with Gasteiger partial charge < -0.3 is 10.1 Å². The normalized spacial score (nSPS) is 19.9. The van der Waals surface area contributed by atoms with Crippen LogP contribution in [0.15, 0.2) is 18.2 Å². The van der Waals surface area contributed by atoms with Crippen LogP contribution in [0.3, 0.4) is 0 Å². The molecule has 2 atom stereocenters. The van der Waals surface area contributed by atoms with E-state index in [4.69, 9.17) is 16.3 Å². The summed E-state index contributed by atoms with van der Waals surface area (Å²) in [6, 6.07) is 5.42. The Bertz CT molecular complexity index is 435. The van der Waals surface area contributed by atoms with Crippen molar-refractivity contribution in [1.29, 1.82) is 0 Å². The monoisotopic (exact) mass is 313 g/mol. The molecule has 4 heteroatoms. The van der Waals surface area contributed by atoms with Crippen molar-refractivity contribution in [3.8, 4) is 0 Å². The van der Waals surface area contributed by atoms with E-state index < -0.39 is 0 Å². The summed E-state index contributed by atoms with van der Waals surface area (Å²) in [6.07, 6.45) is 6.96. The third kappa shape index (κ3) is 5.57. The van der Waals surface area contributed by atoms with Crippen LogP contribution >= 0.6 is 11.6 Å². The lowest BCUT2D eigenvalue weighted by Gasteiger charge is -2.20. The first-order valence-corrected chi connectivity index (χ1v) is 8.35. The van der Waals surface area contributed by atoms with Crippen molar-refractivity contribution in [1.82, 2.24) is 5.32 Å². The van der Waals surface area contributed by atoms with Crippen molar-refractivity contribution in [3.05, 3.63) is 34.6 Å². The Hall–Kier alpha value is -0.640. The zero-order valence-electron chi connectivity index (χ0n) is 12.7. The van der Waals surface area contributed by atoms with E-state index >= 15 is 0 Å². The van der Waals surface area contributed by atoms with Gasteiger partial charge in [-0.1, -0.05) is 24.6 Å². The van der Waals surface area contributed by atoms with Crippen LogP contribution in [0.4, 0.5) is 4.39 Å². The van der Waals surface area contributed by atoms with Gasteiger partial charge in [-0.25, -0.2) is 4.39 Å². The number of benzene rings is 1. The van der Waals surface area contributed by atoms with Gasteiger partial charge in [-0.2, -0.15) is 0 Å². The van der Waals surface area contributed by atoms with Crippen LogP contribution in [0.2, 0.25) is 5.02 Å². The molecule has 2 unspecified atom stereocenters. The molecular weight excluding hydrogens is 289 g/mol. The number of halogens is 2. The van der Waals surface area contributed by atoms with E-state index in [0.29, 0.717) is 12.1 Å². The fourth-order valence-electron chi connectivity index (χ4n) is 2.83. The average molecular weight is 314 g/mol. The van der Waals surface area contributed by atoms with Gasteiger partial charge in [-0.3, -0.25) is 0 Å². The molecule has 0 amide bonds. The van der Waals surface area contributed by atoms with Crippen molar-refractivity contribution in [2.24, 2.45) is 0 Å². The number of hydrogen-bond acceptors (Lipinski definition) is 2. The second-order valence-corrected chi connectivity index (χ2v) is 6.22. The van der Waals surface area contributed by atoms with Gasteiger partial charge in [0.1, 0.15) is 5.82 Å². The molecule has 1 aromatic rings. The van der Waals surface area contributed by atoms with E-state index in [0.717, 1.165) is 44.4 Å². The third-order valence-electron chi connectivity index (χ3n) is 4.01. The van der Waals surface area contributed by atoms with Crippen LogP contribution in [0, 0.1) is 5.82 Å². The Labute approximate surface area is 132 Å². The van der Waals surface area contributed by atoms with E-state index in [1.165, 1.54) is 18.9 Å². The molecular formula is C17H25ClFNO. The average Bonchev–Trinajstić information content (AvgIpc) is 2.99.